The lowest BCUT2D eigenvalue weighted by atomic mass is 10.0. The molecule has 160 valence electrons. The minimum Gasteiger partial charge on any atom is -0.381 e. The lowest BCUT2D eigenvalue weighted by Gasteiger charge is -2.11. The third-order valence-corrected chi connectivity index (χ3v) is 4.92. The minimum absolute atomic E-state index is 0.00403. The van der Waals surface area contributed by atoms with Crippen LogP contribution in [-0.4, -0.2) is 31.0 Å². The highest BCUT2D eigenvalue weighted by molar-refractivity contribution is 6.49. The summed E-state index contributed by atoms with van der Waals surface area (Å²) in [4.78, 5) is 10.9. The van der Waals surface area contributed by atoms with Crippen LogP contribution in [0.1, 0.15) is 53.0 Å². The van der Waals surface area contributed by atoms with Gasteiger partial charge in [-0.2, -0.15) is 5.10 Å². The van der Waals surface area contributed by atoms with Crippen LogP contribution in [-0.2, 0) is 16.0 Å². The fraction of sp³-hybridized carbons (Fsp3) is 0.522. The van der Waals surface area contributed by atoms with Gasteiger partial charge in [0.15, 0.2) is 0 Å². The molecule has 2 atom stereocenters. The molecule has 2 heterocycles. The number of hydrogen-bond donors (Lipinski definition) is 2. The normalized spacial score (nSPS) is 22.6. The van der Waals surface area contributed by atoms with E-state index in [4.69, 9.17) is 10.1 Å². The molecule has 3 aliphatic rings. The number of allylic oxidation sites excluding steroid dienone is 1. The second-order valence-electron chi connectivity index (χ2n) is 6.86. The van der Waals surface area contributed by atoms with Crippen molar-refractivity contribution in [1.82, 2.24) is 5.43 Å². The van der Waals surface area contributed by atoms with E-state index in [2.05, 4.69) is 10.5 Å². The number of fused-ring (bicyclic) bond motifs is 1. The molecule has 0 bridgehead atoms. The minimum atomic E-state index is -0.430. The van der Waals surface area contributed by atoms with Crippen LogP contribution in [0.25, 0.3) is 0 Å². The van der Waals surface area contributed by atoms with Gasteiger partial charge in [-0.05, 0) is 49.7 Å². The van der Waals surface area contributed by atoms with Crippen molar-refractivity contribution in [3.05, 3.63) is 46.8 Å². The summed E-state index contributed by atoms with van der Waals surface area (Å²) in [6.07, 6.45) is 4.58. The molecule has 1 aliphatic carbocycles. The van der Waals surface area contributed by atoms with E-state index in [1.807, 2.05) is 40.7 Å². The van der Waals surface area contributed by atoms with Gasteiger partial charge in [-0.3, -0.25) is 10.2 Å². The van der Waals surface area contributed by atoms with Gasteiger partial charge in [0, 0.05) is 18.8 Å². The van der Waals surface area contributed by atoms with E-state index in [9.17, 15) is 9.18 Å². The number of amides is 1. The van der Waals surface area contributed by atoms with Gasteiger partial charge in [0.2, 0.25) is 0 Å². The van der Waals surface area contributed by atoms with Crippen molar-refractivity contribution in [2.24, 2.45) is 16.9 Å². The van der Waals surface area contributed by atoms with Gasteiger partial charge in [0.1, 0.15) is 11.5 Å². The van der Waals surface area contributed by atoms with Crippen molar-refractivity contribution in [2.75, 3.05) is 13.2 Å². The Morgan fingerprint density at radius 3 is 2.28 bits per heavy atom. The van der Waals surface area contributed by atoms with Crippen molar-refractivity contribution in [3.8, 4) is 0 Å². The summed E-state index contributed by atoms with van der Waals surface area (Å²) in [7, 11) is 0. The highest BCUT2D eigenvalue weighted by Crippen LogP contribution is 2.43. The molecule has 2 unspecified atom stereocenters. The summed E-state index contributed by atoms with van der Waals surface area (Å²) in [6.45, 7) is 11.9. The number of ether oxygens (including phenoxy) is 1. The first-order chi connectivity index (χ1) is 14.0. The molecule has 0 spiro atoms. The average Bonchev–Trinajstić information content (AvgIpc) is 3.36. The quantitative estimate of drug-likeness (QED) is 0.736. The lowest BCUT2D eigenvalue weighted by molar-refractivity contribution is -0.114. The summed E-state index contributed by atoms with van der Waals surface area (Å²) >= 11 is 0. The van der Waals surface area contributed by atoms with Crippen LogP contribution in [0.15, 0.2) is 40.5 Å². The highest BCUT2D eigenvalue weighted by Gasteiger charge is 2.41. The molecule has 1 saturated carbocycles. The maximum atomic E-state index is 12.6. The number of aryl methyl sites for hydroxylation is 1. The zero-order valence-electron chi connectivity index (χ0n) is 18.2. The predicted octanol–water partition coefficient (Wildman–Crippen LogP) is 4.92. The molecule has 2 N–H and O–H groups in total. The number of carbonyl (C=O) groups is 1. The van der Waals surface area contributed by atoms with Crippen molar-refractivity contribution >= 4 is 17.8 Å². The first-order valence-corrected chi connectivity index (χ1v) is 10.4. The third-order valence-electron chi connectivity index (χ3n) is 4.92. The van der Waals surface area contributed by atoms with Gasteiger partial charge in [0.25, 0.3) is 5.91 Å². The smallest absolute Gasteiger partial charge is 0.289 e. The van der Waals surface area contributed by atoms with Crippen molar-refractivity contribution in [3.63, 3.8) is 0 Å². The van der Waals surface area contributed by atoms with Gasteiger partial charge in [0.05, 0.1) is 6.21 Å². The molecule has 1 saturated heterocycles. The number of hydrazone groups is 1. The van der Waals surface area contributed by atoms with E-state index >= 15 is 0 Å². The molecule has 6 heteroatoms. The lowest BCUT2D eigenvalue weighted by Crippen LogP contribution is -2.33. The van der Waals surface area contributed by atoms with Crippen molar-refractivity contribution in [1.29, 1.82) is 5.41 Å². The zero-order chi connectivity index (χ0) is 21.8. The monoisotopic (exact) mass is 403 g/mol. The molecule has 5 nitrogen and oxygen atoms in total. The fourth-order valence-electron chi connectivity index (χ4n) is 2.79. The van der Waals surface area contributed by atoms with Gasteiger partial charge >= 0.3 is 0 Å². The second kappa shape index (κ2) is 13.0. The van der Waals surface area contributed by atoms with E-state index in [0.29, 0.717) is 5.57 Å². The average molecular weight is 404 g/mol. The zero-order valence-corrected chi connectivity index (χ0v) is 18.2. The van der Waals surface area contributed by atoms with Crippen LogP contribution >= 0.6 is 0 Å². The molecule has 1 aromatic carbocycles. The van der Waals surface area contributed by atoms with Crippen LogP contribution < -0.4 is 5.43 Å². The molecule has 2 aliphatic heterocycles. The number of rotatable bonds is 2. The van der Waals surface area contributed by atoms with Crippen LogP contribution in [0, 0.1) is 23.1 Å². The summed E-state index contributed by atoms with van der Waals surface area (Å²) in [5.74, 6) is 1.45. The molecule has 2 fully saturated rings. The Balaban J connectivity index is 0.000000217. The molecule has 0 radical (unpaired) electrons. The maximum absolute atomic E-state index is 12.6. The Kier molecular flexibility index (Phi) is 11.1. The van der Waals surface area contributed by atoms with Crippen molar-refractivity contribution < 1.29 is 13.9 Å². The number of halogens is 1. The summed E-state index contributed by atoms with van der Waals surface area (Å²) < 4.78 is 17.7. The van der Waals surface area contributed by atoms with Gasteiger partial charge in [-0.1, -0.05) is 51.5 Å². The standard InChI is InChI=1S/C8H9F.C8H11N3O.C5H8O.C2H6/c1-2-7-5-3-4-6-8(7)9;1-3-5(2)6-4-10-11-8(12)7(6)9;1-4-2-6-3-5(1)4;1-2/h3-6H,2H2,1H3;4,9H,3H2,1-2H3,(H,11,12);4-5H,1-3H2;1-2H3/b;6-5-,9-7?;;. The molecule has 1 aromatic rings. The van der Waals surface area contributed by atoms with Crippen LogP contribution in [0.4, 0.5) is 4.39 Å². The van der Waals surface area contributed by atoms with E-state index in [1.54, 1.807) is 12.1 Å². The SMILES string of the molecule is C1OCC2CC12.CC.CC/C(C)=C1/C=NNC(=O)C1=N.CCc1ccccc1F. The number of benzene rings is 1. The number of hydrogen-bond acceptors (Lipinski definition) is 4. The van der Waals surface area contributed by atoms with E-state index in [-0.39, 0.29) is 11.5 Å². The summed E-state index contributed by atoms with van der Waals surface area (Å²) in [5.41, 5.74) is 4.66. The Bertz CT molecular complexity index is 735. The van der Waals surface area contributed by atoms with E-state index in [1.165, 1.54) is 18.7 Å². The van der Waals surface area contributed by atoms with Crippen molar-refractivity contribution in [2.45, 2.75) is 53.9 Å². The fourth-order valence-corrected chi connectivity index (χ4v) is 2.79. The molecule has 0 aromatic heterocycles. The van der Waals surface area contributed by atoms with E-state index < -0.39 is 5.91 Å². The highest BCUT2D eigenvalue weighted by atomic mass is 19.1. The van der Waals surface area contributed by atoms with Gasteiger partial charge < -0.3 is 4.74 Å². The van der Waals surface area contributed by atoms with Gasteiger partial charge in [-0.15, -0.1) is 0 Å². The third kappa shape index (κ3) is 7.89. The first-order valence-electron chi connectivity index (χ1n) is 10.4. The Hall–Kier alpha value is -2.34. The molecule has 4 rings (SSSR count). The molecular formula is C23H34FN3O2. The second-order valence-corrected chi connectivity index (χ2v) is 6.86. The number of nitrogens with zero attached hydrogens (tertiary/aromatic N) is 1. The maximum Gasteiger partial charge on any atom is 0.289 e. The molecular weight excluding hydrogens is 369 g/mol. The number of carbonyl (C=O) groups excluding carboxylic acids is 1. The largest absolute Gasteiger partial charge is 0.381 e. The first kappa shape index (κ1) is 24.7. The van der Waals surface area contributed by atoms with Crippen LogP contribution in [0.5, 0.6) is 0 Å². The Morgan fingerprint density at radius 2 is 1.86 bits per heavy atom. The molecule has 29 heavy (non-hydrogen) atoms. The van der Waals surface area contributed by atoms with E-state index in [0.717, 1.165) is 49.0 Å². The van der Waals surface area contributed by atoms with Gasteiger partial charge in [-0.25, -0.2) is 9.82 Å². The molecule has 1 amide bonds. The van der Waals surface area contributed by atoms with Crippen LogP contribution in [0.3, 0.4) is 0 Å². The predicted molar refractivity (Wildman–Crippen MR) is 117 cm³/mol. The van der Waals surface area contributed by atoms with Crippen LogP contribution in [0.2, 0.25) is 0 Å². The summed E-state index contributed by atoms with van der Waals surface area (Å²) in [6, 6.07) is 6.84. The topological polar surface area (TPSA) is 74.5 Å². The Labute approximate surface area is 173 Å². The summed E-state index contributed by atoms with van der Waals surface area (Å²) in [5, 5.41) is 11.1. The number of nitrogens with one attached hydrogen (secondary N) is 2. The Morgan fingerprint density at radius 1 is 1.24 bits per heavy atom.